The number of thiazole rings is 1. The molecule has 4 atom stereocenters. The number of Topliss-reactive ketones (excluding diaryl/α,β-unsaturated/α-hetero) is 1. The van der Waals surface area contributed by atoms with Gasteiger partial charge in [0.05, 0.1) is 12.5 Å². The number of piperazine rings is 1. The molecule has 1 saturated carbocycles. The minimum absolute atomic E-state index is 0.00514. The Kier molecular flexibility index (Phi) is 6.96. The zero-order valence-corrected chi connectivity index (χ0v) is 26.0. The van der Waals surface area contributed by atoms with Crippen molar-refractivity contribution in [2.45, 2.75) is 38.5 Å². The number of methoxy groups -OCH3 is 1. The SMILES string of the molecule is COc1ccc(N2CCN(C(=O)C(=O)c3csc(NC(=O)C4(C)CC5c6ccccc6C4C4=CC=CCC45C)n3)CC2)cc1. The Hall–Kier alpha value is -4.24. The highest BCUT2D eigenvalue weighted by molar-refractivity contribution is 7.14. The van der Waals surface area contributed by atoms with E-state index in [-0.39, 0.29) is 28.9 Å². The maximum Gasteiger partial charge on any atom is 0.296 e. The molecule has 1 aliphatic heterocycles. The summed E-state index contributed by atoms with van der Waals surface area (Å²) in [4.78, 5) is 48.5. The number of rotatable bonds is 6. The topological polar surface area (TPSA) is 91.8 Å². The fourth-order valence-corrected chi connectivity index (χ4v) is 8.53. The molecule has 2 fully saturated rings. The summed E-state index contributed by atoms with van der Waals surface area (Å²) in [5.41, 5.74) is 4.34. The van der Waals surface area contributed by atoms with Crippen LogP contribution in [0.4, 0.5) is 10.8 Å². The number of benzene rings is 2. The third kappa shape index (κ3) is 4.48. The van der Waals surface area contributed by atoms with Crippen molar-refractivity contribution in [3.63, 3.8) is 0 Å². The van der Waals surface area contributed by atoms with Gasteiger partial charge in [0.15, 0.2) is 5.13 Å². The van der Waals surface area contributed by atoms with Crippen LogP contribution in [-0.2, 0) is 9.59 Å². The van der Waals surface area contributed by atoms with Crippen molar-refractivity contribution in [2.75, 3.05) is 43.5 Å². The fraction of sp³-hybridized carbons (Fsp3) is 0.371. The van der Waals surface area contributed by atoms with Crippen molar-refractivity contribution >= 4 is 39.8 Å². The molecule has 4 unspecified atom stereocenters. The lowest BCUT2D eigenvalue weighted by Crippen LogP contribution is -2.53. The molecular formula is C35H36N4O4S. The molecule has 2 bridgehead atoms. The van der Waals surface area contributed by atoms with Crippen molar-refractivity contribution in [3.8, 4) is 5.75 Å². The van der Waals surface area contributed by atoms with Gasteiger partial charge in [0.1, 0.15) is 11.4 Å². The molecule has 4 aliphatic carbocycles. The van der Waals surface area contributed by atoms with Crippen LogP contribution in [0.15, 0.2) is 77.7 Å². The van der Waals surface area contributed by atoms with Crippen LogP contribution in [0.3, 0.4) is 0 Å². The normalized spacial score (nSPS) is 26.8. The third-order valence-corrected chi connectivity index (χ3v) is 11.1. The molecule has 2 amide bonds. The number of nitrogens with zero attached hydrogens (tertiary/aromatic N) is 3. The molecular weight excluding hydrogens is 572 g/mol. The van der Waals surface area contributed by atoms with Gasteiger partial charge in [-0.1, -0.05) is 55.0 Å². The summed E-state index contributed by atoms with van der Waals surface area (Å²) in [6, 6.07) is 16.3. The smallest absolute Gasteiger partial charge is 0.296 e. The summed E-state index contributed by atoms with van der Waals surface area (Å²) in [7, 11) is 1.64. The van der Waals surface area contributed by atoms with Gasteiger partial charge in [0.25, 0.3) is 11.7 Å². The molecule has 5 aliphatic rings. The number of amides is 2. The molecule has 226 valence electrons. The lowest BCUT2D eigenvalue weighted by Gasteiger charge is -2.60. The van der Waals surface area contributed by atoms with E-state index < -0.39 is 17.1 Å². The number of fused-ring (bicyclic) bond motifs is 1. The number of carbonyl (C=O) groups is 3. The van der Waals surface area contributed by atoms with Crippen molar-refractivity contribution in [3.05, 3.63) is 94.5 Å². The Morgan fingerprint density at radius 1 is 1.00 bits per heavy atom. The van der Waals surface area contributed by atoms with Crippen molar-refractivity contribution in [1.82, 2.24) is 9.88 Å². The summed E-state index contributed by atoms with van der Waals surface area (Å²) in [5.74, 6) is -0.336. The van der Waals surface area contributed by atoms with Crippen LogP contribution >= 0.6 is 11.3 Å². The maximum absolute atomic E-state index is 14.1. The zero-order valence-electron chi connectivity index (χ0n) is 25.2. The monoisotopic (exact) mass is 608 g/mol. The highest BCUT2D eigenvalue weighted by Crippen LogP contribution is 2.69. The molecule has 44 heavy (non-hydrogen) atoms. The molecule has 1 aromatic heterocycles. The number of aromatic nitrogens is 1. The molecule has 8 rings (SSSR count). The number of ketones is 1. The zero-order chi connectivity index (χ0) is 30.6. The summed E-state index contributed by atoms with van der Waals surface area (Å²) < 4.78 is 5.24. The summed E-state index contributed by atoms with van der Waals surface area (Å²) in [5, 5.41) is 4.94. The Morgan fingerprint density at radius 2 is 1.73 bits per heavy atom. The second kappa shape index (κ2) is 10.7. The first-order chi connectivity index (χ1) is 21.2. The van der Waals surface area contributed by atoms with E-state index in [0.717, 1.165) is 24.3 Å². The fourth-order valence-electron chi connectivity index (χ4n) is 7.84. The standard InChI is InChI=1S/C35H36N4O4S/c1-34-15-7-6-10-26(34)29-25-9-5-4-8-24(25)27(34)20-35(29,2)32(42)37-33-36-28(21-44-33)30(40)31(41)39-18-16-38(17-19-39)22-11-13-23(43-3)14-12-22/h4-14,21,27,29H,15-20H2,1-3H3,(H,36,37,42). The minimum atomic E-state index is -0.676. The van der Waals surface area contributed by atoms with Gasteiger partial charge >= 0.3 is 0 Å². The van der Waals surface area contributed by atoms with Crippen LogP contribution in [0.1, 0.15) is 60.1 Å². The largest absolute Gasteiger partial charge is 0.497 e. The Balaban J connectivity index is 1.03. The van der Waals surface area contributed by atoms with Gasteiger partial charge in [0.2, 0.25) is 5.91 Å². The third-order valence-electron chi connectivity index (χ3n) is 10.3. The van der Waals surface area contributed by atoms with E-state index in [4.69, 9.17) is 4.74 Å². The van der Waals surface area contributed by atoms with Gasteiger partial charge in [-0.25, -0.2) is 4.98 Å². The van der Waals surface area contributed by atoms with E-state index >= 15 is 0 Å². The van der Waals surface area contributed by atoms with Crippen LogP contribution in [0, 0.1) is 10.8 Å². The van der Waals surface area contributed by atoms with Crippen LogP contribution in [0.2, 0.25) is 0 Å². The van der Waals surface area contributed by atoms with Crippen molar-refractivity contribution in [2.24, 2.45) is 10.8 Å². The number of allylic oxidation sites excluding steroid dienone is 4. The van der Waals surface area contributed by atoms with Crippen LogP contribution in [-0.4, -0.2) is 60.8 Å². The van der Waals surface area contributed by atoms with E-state index in [0.29, 0.717) is 31.3 Å². The van der Waals surface area contributed by atoms with E-state index in [1.807, 2.05) is 24.3 Å². The molecule has 0 radical (unpaired) electrons. The number of hydrogen-bond donors (Lipinski definition) is 1. The highest BCUT2D eigenvalue weighted by atomic mass is 32.1. The first-order valence-corrected chi connectivity index (χ1v) is 16.1. The van der Waals surface area contributed by atoms with Gasteiger partial charge in [-0.2, -0.15) is 0 Å². The second-order valence-electron chi connectivity index (χ2n) is 12.7. The van der Waals surface area contributed by atoms with Crippen LogP contribution in [0.25, 0.3) is 0 Å². The Bertz CT molecular complexity index is 1700. The molecule has 2 aromatic carbocycles. The predicted molar refractivity (Wildman–Crippen MR) is 171 cm³/mol. The number of ether oxygens (including phenoxy) is 1. The Morgan fingerprint density at radius 3 is 2.45 bits per heavy atom. The van der Waals surface area contributed by atoms with Crippen molar-refractivity contribution < 1.29 is 19.1 Å². The molecule has 8 nitrogen and oxygen atoms in total. The van der Waals surface area contributed by atoms with Gasteiger partial charge in [-0.05, 0) is 66.5 Å². The first-order valence-electron chi connectivity index (χ1n) is 15.2. The lowest BCUT2D eigenvalue weighted by atomic mass is 9.43. The maximum atomic E-state index is 14.1. The van der Waals surface area contributed by atoms with Crippen molar-refractivity contribution in [1.29, 1.82) is 0 Å². The molecule has 0 spiro atoms. The Labute approximate surface area is 261 Å². The molecule has 1 saturated heterocycles. The van der Waals surface area contributed by atoms with Crippen LogP contribution in [0.5, 0.6) is 5.75 Å². The van der Waals surface area contributed by atoms with Gasteiger partial charge in [-0.3, -0.25) is 14.4 Å². The van der Waals surface area contributed by atoms with Gasteiger partial charge < -0.3 is 19.9 Å². The average molecular weight is 609 g/mol. The summed E-state index contributed by atoms with van der Waals surface area (Å²) in [6.07, 6.45) is 8.27. The lowest BCUT2D eigenvalue weighted by molar-refractivity contribution is -0.128. The second-order valence-corrected chi connectivity index (χ2v) is 13.6. The first kappa shape index (κ1) is 28.5. The number of anilines is 2. The number of hydrogen-bond acceptors (Lipinski definition) is 7. The molecule has 2 heterocycles. The number of carbonyl (C=O) groups excluding carboxylic acids is 3. The predicted octanol–water partition coefficient (Wildman–Crippen LogP) is 5.81. The van der Waals surface area contributed by atoms with E-state index in [1.165, 1.54) is 28.0 Å². The average Bonchev–Trinajstić information content (AvgIpc) is 3.52. The van der Waals surface area contributed by atoms with Gasteiger partial charge in [-0.15, -0.1) is 11.3 Å². The number of nitrogens with one attached hydrogen (secondary N) is 1. The van der Waals surface area contributed by atoms with E-state index in [1.54, 1.807) is 17.4 Å². The van der Waals surface area contributed by atoms with E-state index in [2.05, 4.69) is 71.5 Å². The molecule has 3 aromatic rings. The van der Waals surface area contributed by atoms with Crippen LogP contribution < -0.4 is 15.0 Å². The molecule has 1 N–H and O–H groups in total. The highest BCUT2D eigenvalue weighted by Gasteiger charge is 2.61. The minimum Gasteiger partial charge on any atom is -0.497 e. The molecule has 9 heteroatoms. The van der Waals surface area contributed by atoms with Gasteiger partial charge in [0, 0.05) is 43.2 Å². The quantitative estimate of drug-likeness (QED) is 0.281. The summed E-state index contributed by atoms with van der Waals surface area (Å²) >= 11 is 1.18. The summed E-state index contributed by atoms with van der Waals surface area (Å²) in [6.45, 7) is 6.52. The van der Waals surface area contributed by atoms with E-state index in [9.17, 15) is 14.4 Å².